The lowest BCUT2D eigenvalue weighted by Gasteiger charge is -2.24. The van der Waals surface area contributed by atoms with Crippen LogP contribution in [0.4, 0.5) is 13.2 Å². The van der Waals surface area contributed by atoms with E-state index in [2.05, 4.69) is 4.74 Å². The summed E-state index contributed by atoms with van der Waals surface area (Å²) in [5.74, 6) is -5.99. The molecule has 1 saturated carbocycles. The molecule has 0 bridgehead atoms. The second-order valence-electron chi connectivity index (χ2n) is 2.49. The summed E-state index contributed by atoms with van der Waals surface area (Å²) >= 11 is 0. The average Bonchev–Trinajstić information content (AvgIpc) is 2.10. The first kappa shape index (κ1) is 7.85. The van der Waals surface area contributed by atoms with Gasteiger partial charge in [0.05, 0.1) is 0 Å². The summed E-state index contributed by atoms with van der Waals surface area (Å²) in [7, 11) is 0.971. The van der Waals surface area contributed by atoms with E-state index in [1.54, 1.807) is 0 Å². The highest BCUT2D eigenvalue weighted by Gasteiger charge is 2.58. The van der Waals surface area contributed by atoms with Crippen LogP contribution in [-0.2, 0) is 4.74 Å². The van der Waals surface area contributed by atoms with Crippen molar-refractivity contribution in [1.29, 1.82) is 0 Å². The first-order valence-corrected chi connectivity index (χ1v) is 3.14. The standard InChI is InChI=1S/C6H9F3O/c1-10-6(9)4-2-3-5(6,7)8/h2-4H2,1H3. The number of hydrogen-bond acceptors (Lipinski definition) is 1. The molecular weight excluding hydrogens is 145 g/mol. The summed E-state index contributed by atoms with van der Waals surface area (Å²) in [6.07, 6.45) is -0.412. The molecule has 4 heteroatoms. The van der Waals surface area contributed by atoms with Gasteiger partial charge in [-0.15, -0.1) is 0 Å². The molecule has 0 saturated heterocycles. The lowest BCUT2D eigenvalue weighted by Crippen LogP contribution is -2.40. The van der Waals surface area contributed by atoms with Crippen LogP contribution < -0.4 is 0 Å². The first-order chi connectivity index (χ1) is 4.52. The Balaban J connectivity index is 2.76. The number of methoxy groups -OCH3 is 1. The Kier molecular flexibility index (Phi) is 1.66. The molecule has 1 aliphatic rings. The first-order valence-electron chi connectivity index (χ1n) is 3.14. The molecule has 1 unspecified atom stereocenters. The molecule has 0 aromatic carbocycles. The van der Waals surface area contributed by atoms with Crippen molar-refractivity contribution >= 4 is 0 Å². The zero-order chi connectivity index (χ0) is 7.83. The zero-order valence-electron chi connectivity index (χ0n) is 5.66. The number of hydrogen-bond donors (Lipinski definition) is 0. The van der Waals surface area contributed by atoms with Crippen LogP contribution in [-0.4, -0.2) is 18.9 Å². The largest absolute Gasteiger partial charge is 0.345 e. The summed E-state index contributed by atoms with van der Waals surface area (Å²) in [4.78, 5) is 0. The van der Waals surface area contributed by atoms with Crippen LogP contribution in [0.3, 0.4) is 0 Å². The van der Waals surface area contributed by atoms with Crippen molar-refractivity contribution in [3.8, 4) is 0 Å². The summed E-state index contributed by atoms with van der Waals surface area (Å²) in [5.41, 5.74) is 0. The van der Waals surface area contributed by atoms with E-state index >= 15 is 0 Å². The van der Waals surface area contributed by atoms with Crippen molar-refractivity contribution in [2.24, 2.45) is 0 Å². The van der Waals surface area contributed by atoms with Gasteiger partial charge in [-0.2, -0.15) is 0 Å². The van der Waals surface area contributed by atoms with Crippen molar-refractivity contribution in [3.05, 3.63) is 0 Å². The van der Waals surface area contributed by atoms with Crippen LogP contribution >= 0.6 is 0 Å². The van der Waals surface area contributed by atoms with E-state index in [9.17, 15) is 13.2 Å². The molecule has 1 atom stereocenters. The number of alkyl halides is 3. The molecule has 60 valence electrons. The highest BCUT2D eigenvalue weighted by molar-refractivity contribution is 4.91. The highest BCUT2D eigenvalue weighted by Crippen LogP contribution is 2.46. The minimum atomic E-state index is -3.29. The van der Waals surface area contributed by atoms with Crippen molar-refractivity contribution in [2.75, 3.05) is 7.11 Å². The maximum Gasteiger partial charge on any atom is 0.305 e. The van der Waals surface area contributed by atoms with Crippen LogP contribution in [0.1, 0.15) is 19.3 Å². The summed E-state index contributed by atoms with van der Waals surface area (Å²) in [5, 5.41) is 0. The molecule has 1 rings (SSSR count). The predicted octanol–water partition coefficient (Wildman–Crippen LogP) is 2.12. The van der Waals surface area contributed by atoms with Gasteiger partial charge < -0.3 is 4.74 Å². The lowest BCUT2D eigenvalue weighted by molar-refractivity contribution is -0.247. The molecule has 1 aliphatic carbocycles. The normalized spacial score (nSPS) is 38.4. The maximum atomic E-state index is 12.8. The van der Waals surface area contributed by atoms with Crippen molar-refractivity contribution < 1.29 is 17.9 Å². The third kappa shape index (κ3) is 0.905. The fourth-order valence-electron chi connectivity index (χ4n) is 1.16. The zero-order valence-corrected chi connectivity index (χ0v) is 5.66. The molecule has 0 aromatic heterocycles. The fourth-order valence-corrected chi connectivity index (χ4v) is 1.16. The van der Waals surface area contributed by atoms with Crippen LogP contribution in [0.25, 0.3) is 0 Å². The molecule has 0 N–H and O–H groups in total. The van der Waals surface area contributed by atoms with Crippen LogP contribution in [0.5, 0.6) is 0 Å². The Hall–Kier alpha value is -0.250. The van der Waals surface area contributed by atoms with Gasteiger partial charge in [-0.1, -0.05) is 0 Å². The SMILES string of the molecule is COC1(F)CCCC1(F)F. The second-order valence-corrected chi connectivity index (χ2v) is 2.49. The number of ether oxygens (including phenoxy) is 1. The Bertz CT molecular complexity index is 137. The quantitative estimate of drug-likeness (QED) is 0.562. The van der Waals surface area contributed by atoms with Gasteiger partial charge in [0.15, 0.2) is 0 Å². The van der Waals surface area contributed by atoms with E-state index in [1.165, 1.54) is 0 Å². The Morgan fingerprint density at radius 1 is 1.20 bits per heavy atom. The van der Waals surface area contributed by atoms with Gasteiger partial charge in [0.1, 0.15) is 0 Å². The second kappa shape index (κ2) is 2.12. The van der Waals surface area contributed by atoms with Crippen LogP contribution in [0.15, 0.2) is 0 Å². The van der Waals surface area contributed by atoms with Crippen molar-refractivity contribution in [3.63, 3.8) is 0 Å². The molecule has 1 fully saturated rings. The summed E-state index contributed by atoms with van der Waals surface area (Å²) in [6, 6.07) is 0. The molecule has 0 heterocycles. The van der Waals surface area contributed by atoms with Crippen molar-refractivity contribution in [1.82, 2.24) is 0 Å². The van der Waals surface area contributed by atoms with E-state index in [-0.39, 0.29) is 12.8 Å². The Labute approximate surface area is 57.2 Å². The molecule has 0 radical (unpaired) electrons. The van der Waals surface area contributed by atoms with Gasteiger partial charge in [-0.05, 0) is 6.42 Å². The van der Waals surface area contributed by atoms with E-state index in [0.717, 1.165) is 7.11 Å². The highest BCUT2D eigenvalue weighted by atomic mass is 19.3. The van der Waals surface area contributed by atoms with Crippen molar-refractivity contribution in [2.45, 2.75) is 31.0 Å². The smallest absolute Gasteiger partial charge is 0.305 e. The van der Waals surface area contributed by atoms with Crippen LogP contribution in [0, 0.1) is 0 Å². The molecule has 0 amide bonds. The average molecular weight is 154 g/mol. The van der Waals surface area contributed by atoms with Gasteiger partial charge in [0, 0.05) is 20.0 Å². The topological polar surface area (TPSA) is 9.23 Å². The van der Waals surface area contributed by atoms with Gasteiger partial charge in [-0.3, -0.25) is 0 Å². The van der Waals surface area contributed by atoms with E-state index in [0.29, 0.717) is 0 Å². The maximum absolute atomic E-state index is 12.8. The minimum absolute atomic E-state index is 0.192. The Morgan fingerprint density at radius 3 is 2.00 bits per heavy atom. The monoisotopic (exact) mass is 154 g/mol. The predicted molar refractivity (Wildman–Crippen MR) is 29.6 cm³/mol. The molecule has 1 nitrogen and oxygen atoms in total. The van der Waals surface area contributed by atoms with Crippen LogP contribution in [0.2, 0.25) is 0 Å². The molecule has 0 aromatic rings. The lowest BCUT2D eigenvalue weighted by atomic mass is 10.2. The van der Waals surface area contributed by atoms with Gasteiger partial charge in [0.25, 0.3) is 5.85 Å². The third-order valence-electron chi connectivity index (χ3n) is 1.86. The number of halogens is 3. The summed E-state index contributed by atoms with van der Waals surface area (Å²) < 4.78 is 41.9. The van der Waals surface area contributed by atoms with E-state index in [1.807, 2.05) is 0 Å². The van der Waals surface area contributed by atoms with Gasteiger partial charge in [-0.25, -0.2) is 13.2 Å². The third-order valence-corrected chi connectivity index (χ3v) is 1.86. The molecule has 0 aliphatic heterocycles. The van der Waals surface area contributed by atoms with E-state index < -0.39 is 18.2 Å². The summed E-state index contributed by atoms with van der Waals surface area (Å²) in [6.45, 7) is 0. The number of rotatable bonds is 1. The Morgan fingerprint density at radius 2 is 1.80 bits per heavy atom. The molecule has 10 heavy (non-hydrogen) atoms. The van der Waals surface area contributed by atoms with Gasteiger partial charge in [0.2, 0.25) is 0 Å². The van der Waals surface area contributed by atoms with Gasteiger partial charge >= 0.3 is 5.92 Å². The molecular formula is C6H9F3O. The fraction of sp³-hybridized carbons (Fsp3) is 1.00. The van der Waals surface area contributed by atoms with E-state index in [4.69, 9.17) is 0 Å². The minimum Gasteiger partial charge on any atom is -0.345 e. The molecule has 0 spiro atoms.